The highest BCUT2D eigenvalue weighted by atomic mass is 16.5. The molecule has 0 spiro atoms. The van der Waals surface area contributed by atoms with Crippen LogP contribution >= 0.6 is 0 Å². The van der Waals surface area contributed by atoms with Gasteiger partial charge in [-0.2, -0.15) is 0 Å². The summed E-state index contributed by atoms with van der Waals surface area (Å²) in [6.45, 7) is 5.02. The second-order valence-electron chi connectivity index (χ2n) is 5.61. The first-order valence-electron chi connectivity index (χ1n) is 7.48. The lowest BCUT2D eigenvalue weighted by atomic mass is 9.87. The van der Waals surface area contributed by atoms with E-state index >= 15 is 0 Å². The molecule has 0 fully saturated rings. The number of carbonyl (C=O) groups is 1. The van der Waals surface area contributed by atoms with Crippen LogP contribution < -0.4 is 15.2 Å². The molecule has 21 heavy (non-hydrogen) atoms. The van der Waals surface area contributed by atoms with Gasteiger partial charge in [0.25, 0.3) is 0 Å². The SMILES string of the molecule is COc1ccc(OC)c(C(=O)CCC(CCN)C(C)C)c1. The summed E-state index contributed by atoms with van der Waals surface area (Å²) in [7, 11) is 3.16. The first-order chi connectivity index (χ1) is 10.0. The van der Waals surface area contributed by atoms with Crippen LogP contribution in [0.2, 0.25) is 0 Å². The maximum atomic E-state index is 12.5. The molecule has 1 aromatic rings. The van der Waals surface area contributed by atoms with Crippen LogP contribution in [0.4, 0.5) is 0 Å². The maximum absolute atomic E-state index is 12.5. The second-order valence-corrected chi connectivity index (χ2v) is 5.61. The van der Waals surface area contributed by atoms with E-state index in [1.807, 2.05) is 0 Å². The summed E-state index contributed by atoms with van der Waals surface area (Å²) in [5, 5.41) is 0. The molecule has 0 saturated heterocycles. The highest BCUT2D eigenvalue weighted by molar-refractivity contribution is 5.99. The number of methoxy groups -OCH3 is 2. The van der Waals surface area contributed by atoms with Gasteiger partial charge in [-0.05, 0) is 49.4 Å². The normalized spacial score (nSPS) is 12.3. The summed E-state index contributed by atoms with van der Waals surface area (Å²) in [6.07, 6.45) is 2.32. The van der Waals surface area contributed by atoms with Crippen molar-refractivity contribution in [2.24, 2.45) is 17.6 Å². The molecule has 2 N–H and O–H groups in total. The Bertz CT molecular complexity index is 457. The van der Waals surface area contributed by atoms with Crippen LogP contribution in [0.3, 0.4) is 0 Å². The van der Waals surface area contributed by atoms with Gasteiger partial charge in [-0.3, -0.25) is 4.79 Å². The first kappa shape index (κ1) is 17.5. The predicted octanol–water partition coefficient (Wildman–Crippen LogP) is 3.29. The Morgan fingerprint density at radius 3 is 2.43 bits per heavy atom. The van der Waals surface area contributed by atoms with Gasteiger partial charge in [-0.25, -0.2) is 0 Å². The number of hydrogen-bond acceptors (Lipinski definition) is 4. The molecule has 0 aliphatic carbocycles. The van der Waals surface area contributed by atoms with Gasteiger partial charge in [0.2, 0.25) is 0 Å². The van der Waals surface area contributed by atoms with Crippen molar-refractivity contribution >= 4 is 5.78 Å². The van der Waals surface area contributed by atoms with E-state index in [9.17, 15) is 4.79 Å². The Morgan fingerprint density at radius 1 is 1.19 bits per heavy atom. The molecule has 0 aromatic heterocycles. The van der Waals surface area contributed by atoms with Crippen molar-refractivity contribution in [2.75, 3.05) is 20.8 Å². The molecule has 1 rings (SSSR count). The summed E-state index contributed by atoms with van der Waals surface area (Å²) in [5.74, 6) is 2.37. The number of benzene rings is 1. The van der Waals surface area contributed by atoms with E-state index in [0.29, 0.717) is 41.9 Å². The van der Waals surface area contributed by atoms with E-state index in [4.69, 9.17) is 15.2 Å². The van der Waals surface area contributed by atoms with E-state index in [-0.39, 0.29) is 5.78 Å². The fourth-order valence-corrected chi connectivity index (χ4v) is 2.51. The van der Waals surface area contributed by atoms with E-state index in [2.05, 4.69) is 13.8 Å². The smallest absolute Gasteiger partial charge is 0.166 e. The minimum Gasteiger partial charge on any atom is -0.497 e. The van der Waals surface area contributed by atoms with Crippen molar-refractivity contribution in [1.82, 2.24) is 0 Å². The van der Waals surface area contributed by atoms with E-state index < -0.39 is 0 Å². The minimum atomic E-state index is 0.0911. The average Bonchev–Trinajstić information content (AvgIpc) is 2.50. The Morgan fingerprint density at radius 2 is 1.90 bits per heavy atom. The second kappa shape index (κ2) is 8.67. The Balaban J connectivity index is 2.78. The Kier molecular flexibility index (Phi) is 7.23. The molecule has 1 atom stereocenters. The molecule has 1 aromatic carbocycles. The lowest BCUT2D eigenvalue weighted by Crippen LogP contribution is -2.16. The van der Waals surface area contributed by atoms with Gasteiger partial charge in [0.1, 0.15) is 11.5 Å². The van der Waals surface area contributed by atoms with Crippen molar-refractivity contribution in [3.8, 4) is 11.5 Å². The van der Waals surface area contributed by atoms with Gasteiger partial charge in [0.15, 0.2) is 5.78 Å². The zero-order valence-electron chi connectivity index (χ0n) is 13.5. The van der Waals surface area contributed by atoms with Gasteiger partial charge in [0, 0.05) is 6.42 Å². The number of Topliss-reactive ketones (excluding diaryl/α,β-unsaturated/α-hetero) is 1. The van der Waals surface area contributed by atoms with Crippen LogP contribution in [0.5, 0.6) is 11.5 Å². The molecule has 1 unspecified atom stereocenters. The van der Waals surface area contributed by atoms with Crippen molar-refractivity contribution in [3.63, 3.8) is 0 Å². The molecule has 0 amide bonds. The molecule has 0 saturated carbocycles. The standard InChI is InChI=1S/C17H27NO3/c1-12(2)13(9-10-18)5-7-16(19)15-11-14(20-3)6-8-17(15)21-4/h6,8,11-13H,5,7,9-10,18H2,1-4H3. The van der Waals surface area contributed by atoms with Crippen molar-refractivity contribution in [2.45, 2.75) is 33.1 Å². The predicted molar refractivity (Wildman–Crippen MR) is 85.1 cm³/mol. The summed E-state index contributed by atoms with van der Waals surface area (Å²) >= 11 is 0. The number of ketones is 1. The van der Waals surface area contributed by atoms with Crippen molar-refractivity contribution in [3.05, 3.63) is 23.8 Å². The lowest BCUT2D eigenvalue weighted by molar-refractivity contribution is 0.0965. The summed E-state index contributed by atoms with van der Waals surface area (Å²) in [5.41, 5.74) is 6.24. The van der Waals surface area contributed by atoms with Crippen molar-refractivity contribution < 1.29 is 14.3 Å². The first-order valence-corrected chi connectivity index (χ1v) is 7.48. The lowest BCUT2D eigenvalue weighted by Gasteiger charge is -2.19. The molecule has 0 heterocycles. The van der Waals surface area contributed by atoms with Crippen LogP contribution in [0.25, 0.3) is 0 Å². The number of hydrogen-bond donors (Lipinski definition) is 1. The van der Waals surface area contributed by atoms with Crippen LogP contribution in [-0.2, 0) is 0 Å². The Hall–Kier alpha value is -1.55. The third-order valence-corrected chi connectivity index (χ3v) is 3.93. The summed E-state index contributed by atoms with van der Waals surface area (Å²) in [6, 6.07) is 5.31. The molecule has 4 heteroatoms. The average molecular weight is 293 g/mol. The van der Waals surface area contributed by atoms with Gasteiger partial charge in [0.05, 0.1) is 19.8 Å². The molecule has 0 bridgehead atoms. The highest BCUT2D eigenvalue weighted by Crippen LogP contribution is 2.27. The summed E-state index contributed by atoms with van der Waals surface area (Å²) in [4.78, 5) is 12.5. The molecule has 4 nitrogen and oxygen atoms in total. The molecule has 118 valence electrons. The van der Waals surface area contributed by atoms with Crippen LogP contribution in [0.15, 0.2) is 18.2 Å². The number of ether oxygens (including phenoxy) is 2. The third-order valence-electron chi connectivity index (χ3n) is 3.93. The van der Waals surface area contributed by atoms with E-state index in [0.717, 1.165) is 12.8 Å². The van der Waals surface area contributed by atoms with Gasteiger partial charge in [-0.15, -0.1) is 0 Å². The van der Waals surface area contributed by atoms with Crippen molar-refractivity contribution in [1.29, 1.82) is 0 Å². The molecule has 0 aliphatic rings. The van der Waals surface area contributed by atoms with Gasteiger partial charge < -0.3 is 15.2 Å². The molecular formula is C17H27NO3. The molecular weight excluding hydrogens is 266 g/mol. The molecule has 0 radical (unpaired) electrons. The minimum absolute atomic E-state index is 0.0911. The summed E-state index contributed by atoms with van der Waals surface area (Å²) < 4.78 is 10.5. The topological polar surface area (TPSA) is 61.5 Å². The highest BCUT2D eigenvalue weighted by Gasteiger charge is 2.18. The van der Waals surface area contributed by atoms with E-state index in [1.54, 1.807) is 32.4 Å². The number of carbonyl (C=O) groups excluding carboxylic acids is 1. The van der Waals surface area contributed by atoms with E-state index in [1.165, 1.54) is 0 Å². The third kappa shape index (κ3) is 5.05. The quantitative estimate of drug-likeness (QED) is 0.710. The fraction of sp³-hybridized carbons (Fsp3) is 0.588. The fourth-order valence-electron chi connectivity index (χ4n) is 2.51. The monoisotopic (exact) mass is 293 g/mol. The van der Waals surface area contributed by atoms with Gasteiger partial charge >= 0.3 is 0 Å². The largest absolute Gasteiger partial charge is 0.497 e. The zero-order valence-corrected chi connectivity index (χ0v) is 13.5. The maximum Gasteiger partial charge on any atom is 0.166 e. The van der Waals surface area contributed by atoms with Crippen LogP contribution in [0, 0.1) is 11.8 Å². The van der Waals surface area contributed by atoms with Crippen LogP contribution in [-0.4, -0.2) is 26.5 Å². The van der Waals surface area contributed by atoms with Crippen LogP contribution in [0.1, 0.15) is 43.5 Å². The zero-order chi connectivity index (χ0) is 15.8. The molecule has 0 aliphatic heterocycles. The number of rotatable bonds is 9. The van der Waals surface area contributed by atoms with Gasteiger partial charge in [-0.1, -0.05) is 13.8 Å². The Labute approximate surface area is 127 Å². The number of nitrogens with two attached hydrogens (primary N) is 1.